The summed E-state index contributed by atoms with van der Waals surface area (Å²) in [6.45, 7) is 3.61. The zero-order valence-electron chi connectivity index (χ0n) is 28.9. The van der Waals surface area contributed by atoms with Crippen LogP contribution in [0.2, 0.25) is 0 Å². The van der Waals surface area contributed by atoms with Gasteiger partial charge in [0.1, 0.15) is 17.2 Å². The van der Waals surface area contributed by atoms with Gasteiger partial charge in [-0.3, -0.25) is 37.7 Å². The highest BCUT2D eigenvalue weighted by molar-refractivity contribution is 7.53. The Morgan fingerprint density at radius 2 is 1.65 bits per heavy atom. The summed E-state index contributed by atoms with van der Waals surface area (Å²) in [6.07, 6.45) is -2.80. The van der Waals surface area contributed by atoms with Crippen molar-refractivity contribution in [3.63, 3.8) is 0 Å². The molecule has 1 atom stereocenters. The van der Waals surface area contributed by atoms with E-state index in [4.69, 9.17) is 32.7 Å². The van der Waals surface area contributed by atoms with Crippen LogP contribution in [-0.4, -0.2) is 103 Å². The molecule has 0 radical (unpaired) electrons. The Bertz CT molecular complexity index is 1750. The van der Waals surface area contributed by atoms with Crippen molar-refractivity contribution >= 4 is 31.7 Å². The van der Waals surface area contributed by atoms with Crippen molar-refractivity contribution in [3.05, 3.63) is 63.1 Å². The van der Waals surface area contributed by atoms with E-state index in [-0.39, 0.29) is 31.7 Å². The molecular formula is C31H39F2N4O14P. The number of hydrogen-bond acceptors (Lipinski definition) is 15. The average Bonchev–Trinajstić information content (AvgIpc) is 3.54. The van der Waals surface area contributed by atoms with E-state index in [1.807, 2.05) is 0 Å². The minimum Gasteiger partial charge on any atom is -0.502 e. The number of carbonyl (C=O) groups is 4. The molecule has 4 rings (SSSR count). The van der Waals surface area contributed by atoms with E-state index in [1.165, 1.54) is 17.0 Å². The third-order valence-electron chi connectivity index (χ3n) is 7.82. The second-order valence-corrected chi connectivity index (χ2v) is 14.2. The fourth-order valence-electron chi connectivity index (χ4n) is 5.27. The summed E-state index contributed by atoms with van der Waals surface area (Å²) < 4.78 is 78.3. The number of likely N-dealkylation sites (N-methyl/N-ethyl adjacent to an activating group) is 1. The molecule has 0 bridgehead atoms. The van der Waals surface area contributed by atoms with Gasteiger partial charge in [0, 0.05) is 44.4 Å². The number of ether oxygens (including phenoxy) is 5. The van der Waals surface area contributed by atoms with E-state index in [0.29, 0.717) is 6.07 Å². The molecule has 1 aromatic heterocycles. The Kier molecular flexibility index (Phi) is 12.8. The summed E-state index contributed by atoms with van der Waals surface area (Å²) in [5, 5.41) is 14.7. The SMILES string of the molecule is CC(C)OC(=O)OCOP(=O)(CCN1n2cc(C(=O)NCc3ccc(F)cc3F)c(=O)c(O)c2C(=O)N(C)[C@@]12CCOC2)OCOC(=O)OC(C)C. The first kappa shape index (κ1) is 40.0. The van der Waals surface area contributed by atoms with Gasteiger partial charge < -0.3 is 39.0 Å². The Morgan fingerprint density at radius 3 is 2.19 bits per heavy atom. The molecule has 0 unspecified atom stereocenters. The molecule has 0 saturated carbocycles. The number of aromatic hydroxyl groups is 1. The van der Waals surface area contributed by atoms with Crippen molar-refractivity contribution < 1.29 is 70.4 Å². The van der Waals surface area contributed by atoms with Crippen molar-refractivity contribution in [1.82, 2.24) is 14.9 Å². The molecule has 286 valence electrons. The van der Waals surface area contributed by atoms with Gasteiger partial charge in [0.25, 0.3) is 11.8 Å². The number of halogens is 2. The van der Waals surface area contributed by atoms with Gasteiger partial charge in [0.2, 0.25) is 19.0 Å². The lowest BCUT2D eigenvalue weighted by Crippen LogP contribution is -2.70. The summed E-state index contributed by atoms with van der Waals surface area (Å²) in [5.74, 6) is -4.78. The largest absolute Gasteiger partial charge is 0.510 e. The van der Waals surface area contributed by atoms with E-state index < -0.39 is 110 Å². The Morgan fingerprint density at radius 1 is 1.04 bits per heavy atom. The lowest BCUT2D eigenvalue weighted by molar-refractivity contribution is -0.0302. The van der Waals surface area contributed by atoms with Crippen LogP contribution in [0.25, 0.3) is 0 Å². The standard InChI is InChI=1S/C31H39F2N4O14P/c1-18(2)50-29(42)46-16-48-52(44,49-17-47-30(43)51-19(3)4)11-9-37-31(8-10-45-15-31)35(5)28(41)24-26(39)25(38)22(14-36(24)37)27(40)34-13-20-6-7-21(32)12-23(20)33/h6-7,12,14,18-19,39H,8-11,13,15-17H2,1-5H3,(H,34,40)/t31-/m0/s1. The van der Waals surface area contributed by atoms with E-state index in [1.54, 1.807) is 27.7 Å². The maximum Gasteiger partial charge on any atom is 0.510 e. The van der Waals surface area contributed by atoms with Crippen LogP contribution in [-0.2, 0) is 43.8 Å². The van der Waals surface area contributed by atoms with Gasteiger partial charge in [-0.1, -0.05) is 6.07 Å². The fourth-order valence-corrected chi connectivity index (χ4v) is 6.46. The molecule has 3 heterocycles. The van der Waals surface area contributed by atoms with Gasteiger partial charge >= 0.3 is 19.9 Å². The third-order valence-corrected chi connectivity index (χ3v) is 9.56. The Balaban J connectivity index is 1.67. The number of fused-ring (bicyclic) bond motifs is 1. The smallest absolute Gasteiger partial charge is 0.502 e. The quantitative estimate of drug-likeness (QED) is 0.161. The predicted molar refractivity (Wildman–Crippen MR) is 173 cm³/mol. The zero-order chi connectivity index (χ0) is 38.4. The van der Waals surface area contributed by atoms with Crippen molar-refractivity contribution in [2.75, 3.05) is 51.6 Å². The van der Waals surface area contributed by atoms with Crippen LogP contribution in [0.1, 0.15) is 60.5 Å². The number of nitrogens with zero attached hydrogens (tertiary/aromatic N) is 3. The van der Waals surface area contributed by atoms with Crippen molar-refractivity contribution in [3.8, 4) is 5.75 Å². The molecule has 1 aromatic carbocycles. The van der Waals surface area contributed by atoms with Crippen LogP contribution in [0.5, 0.6) is 5.75 Å². The topological polar surface area (TPSA) is 211 Å². The first-order valence-electron chi connectivity index (χ1n) is 15.9. The molecule has 2 aromatic rings. The highest BCUT2D eigenvalue weighted by Gasteiger charge is 2.52. The zero-order valence-corrected chi connectivity index (χ0v) is 29.8. The minimum absolute atomic E-state index is 0.101. The van der Waals surface area contributed by atoms with Gasteiger partial charge in [-0.15, -0.1) is 0 Å². The summed E-state index contributed by atoms with van der Waals surface area (Å²) in [4.78, 5) is 65.2. The molecule has 0 aliphatic carbocycles. The first-order valence-corrected chi connectivity index (χ1v) is 17.6. The molecule has 1 fully saturated rings. The highest BCUT2D eigenvalue weighted by atomic mass is 31.2. The van der Waals surface area contributed by atoms with Crippen LogP contribution in [0.15, 0.2) is 29.2 Å². The van der Waals surface area contributed by atoms with Crippen molar-refractivity contribution in [2.24, 2.45) is 0 Å². The minimum atomic E-state index is -4.41. The molecular weight excluding hydrogens is 721 g/mol. The van der Waals surface area contributed by atoms with E-state index in [2.05, 4.69) is 5.32 Å². The van der Waals surface area contributed by atoms with Crippen LogP contribution < -0.4 is 15.8 Å². The highest BCUT2D eigenvalue weighted by Crippen LogP contribution is 2.49. The number of rotatable bonds is 14. The lowest BCUT2D eigenvalue weighted by Gasteiger charge is -2.52. The molecule has 52 heavy (non-hydrogen) atoms. The number of amides is 2. The fraction of sp³-hybridized carbons (Fsp3) is 0.516. The average molecular weight is 761 g/mol. The summed E-state index contributed by atoms with van der Waals surface area (Å²) in [7, 11) is -3.01. The molecule has 2 amide bonds. The van der Waals surface area contributed by atoms with Gasteiger partial charge in [-0.25, -0.2) is 18.4 Å². The maximum absolute atomic E-state index is 14.2. The predicted octanol–water partition coefficient (Wildman–Crippen LogP) is 3.17. The number of pyridine rings is 1. The van der Waals surface area contributed by atoms with Crippen molar-refractivity contribution in [2.45, 2.75) is 58.5 Å². The van der Waals surface area contributed by atoms with Crippen LogP contribution >= 0.6 is 7.60 Å². The normalized spacial score (nSPS) is 17.1. The number of aromatic nitrogens is 1. The van der Waals surface area contributed by atoms with E-state index in [9.17, 15) is 42.4 Å². The number of hydrogen-bond donors (Lipinski definition) is 2. The van der Waals surface area contributed by atoms with Gasteiger partial charge in [-0.05, 0) is 33.8 Å². The van der Waals surface area contributed by atoms with E-state index in [0.717, 1.165) is 23.0 Å². The lowest BCUT2D eigenvalue weighted by atomic mass is 10.0. The first-order chi connectivity index (χ1) is 24.5. The monoisotopic (exact) mass is 760 g/mol. The van der Waals surface area contributed by atoms with Crippen LogP contribution in [0, 0.1) is 11.6 Å². The summed E-state index contributed by atoms with van der Waals surface area (Å²) in [6, 6.07) is 2.69. The van der Waals surface area contributed by atoms with E-state index >= 15 is 0 Å². The summed E-state index contributed by atoms with van der Waals surface area (Å²) in [5.41, 5.74) is -3.88. The molecule has 2 aliphatic heterocycles. The Labute approximate surface area is 295 Å². The van der Waals surface area contributed by atoms with Crippen molar-refractivity contribution in [1.29, 1.82) is 0 Å². The third kappa shape index (κ3) is 9.17. The molecule has 1 spiro atoms. The van der Waals surface area contributed by atoms with Gasteiger partial charge in [0.15, 0.2) is 17.1 Å². The maximum atomic E-state index is 14.2. The molecule has 18 nitrogen and oxygen atoms in total. The van der Waals surface area contributed by atoms with Gasteiger partial charge in [-0.2, -0.15) is 0 Å². The van der Waals surface area contributed by atoms with Crippen LogP contribution in [0.4, 0.5) is 18.4 Å². The molecule has 2 N–H and O–H groups in total. The van der Waals surface area contributed by atoms with Gasteiger partial charge in [0.05, 0.1) is 31.6 Å². The van der Waals surface area contributed by atoms with Crippen LogP contribution in [0.3, 0.4) is 0 Å². The molecule has 1 saturated heterocycles. The molecule has 2 aliphatic rings. The number of carbonyl (C=O) groups excluding carboxylic acids is 4. The molecule has 21 heteroatoms. The second kappa shape index (κ2) is 16.7. The Hall–Kier alpha value is -4.78. The summed E-state index contributed by atoms with van der Waals surface area (Å²) >= 11 is 0. The number of benzene rings is 1. The number of nitrogens with one attached hydrogen (secondary N) is 1. The second-order valence-electron chi connectivity index (χ2n) is 12.1.